The van der Waals surface area contributed by atoms with E-state index < -0.39 is 10.0 Å². The summed E-state index contributed by atoms with van der Waals surface area (Å²) in [5.74, 6) is 0. The van der Waals surface area contributed by atoms with Crippen LogP contribution >= 0.6 is 0 Å². The second-order valence-electron chi connectivity index (χ2n) is 5.58. The molecule has 0 radical (unpaired) electrons. The topological polar surface area (TPSA) is 86.9 Å². The van der Waals surface area contributed by atoms with Crippen molar-refractivity contribution < 1.29 is 8.42 Å². The van der Waals surface area contributed by atoms with Crippen LogP contribution in [0.3, 0.4) is 0 Å². The van der Waals surface area contributed by atoms with Crippen LogP contribution in [0.1, 0.15) is 45.1 Å². The maximum absolute atomic E-state index is 12.3. The van der Waals surface area contributed by atoms with Gasteiger partial charge in [0, 0.05) is 18.7 Å². The minimum atomic E-state index is -3.50. The van der Waals surface area contributed by atoms with E-state index in [0.717, 1.165) is 32.2 Å². The van der Waals surface area contributed by atoms with E-state index in [9.17, 15) is 8.42 Å². The normalized spacial score (nSPS) is 17.3. The van der Waals surface area contributed by atoms with Crippen LogP contribution in [-0.2, 0) is 16.6 Å². The molecule has 1 saturated carbocycles. The standard InChI is InChI=1S/C13H24N4O2S/c1-3-7-14-8-11-9-15-17-12(11)20(18,19)16-10-13(4-2)5-6-13/h9,14,16H,3-8,10H2,1-2H3,(H,15,17). The van der Waals surface area contributed by atoms with Gasteiger partial charge in [0.05, 0.1) is 6.20 Å². The fourth-order valence-corrected chi connectivity index (χ4v) is 3.49. The largest absolute Gasteiger partial charge is 0.313 e. The van der Waals surface area contributed by atoms with Gasteiger partial charge in [0.1, 0.15) is 0 Å². The molecule has 0 aromatic carbocycles. The zero-order valence-electron chi connectivity index (χ0n) is 12.2. The molecule has 1 aliphatic carbocycles. The zero-order chi connectivity index (χ0) is 14.6. The van der Waals surface area contributed by atoms with Gasteiger partial charge in [-0.05, 0) is 37.6 Å². The lowest BCUT2D eigenvalue weighted by atomic mass is 10.1. The summed E-state index contributed by atoms with van der Waals surface area (Å²) in [6, 6.07) is 0. The van der Waals surface area contributed by atoms with Crippen molar-refractivity contribution in [2.24, 2.45) is 5.41 Å². The molecule has 0 amide bonds. The van der Waals surface area contributed by atoms with Crippen molar-refractivity contribution in [1.29, 1.82) is 0 Å². The fraction of sp³-hybridized carbons (Fsp3) is 0.769. The Morgan fingerprint density at radius 2 is 2.15 bits per heavy atom. The molecule has 2 rings (SSSR count). The van der Waals surface area contributed by atoms with Crippen LogP contribution in [0.5, 0.6) is 0 Å². The third-order valence-electron chi connectivity index (χ3n) is 4.03. The van der Waals surface area contributed by atoms with Crippen LogP contribution in [0, 0.1) is 5.41 Å². The predicted octanol–water partition coefficient (Wildman–Crippen LogP) is 1.38. The van der Waals surface area contributed by atoms with E-state index in [0.29, 0.717) is 18.7 Å². The van der Waals surface area contributed by atoms with E-state index >= 15 is 0 Å². The molecule has 0 aliphatic heterocycles. The first kappa shape index (κ1) is 15.5. The molecule has 7 heteroatoms. The molecule has 3 N–H and O–H groups in total. The first-order valence-electron chi connectivity index (χ1n) is 7.25. The Hall–Kier alpha value is -0.920. The lowest BCUT2D eigenvalue weighted by molar-refractivity contribution is 0.474. The van der Waals surface area contributed by atoms with Gasteiger partial charge in [-0.2, -0.15) is 5.10 Å². The van der Waals surface area contributed by atoms with E-state index in [-0.39, 0.29) is 10.4 Å². The van der Waals surface area contributed by atoms with Crippen LogP contribution in [0.25, 0.3) is 0 Å². The number of nitrogens with one attached hydrogen (secondary N) is 3. The van der Waals surface area contributed by atoms with Crippen LogP contribution in [0.4, 0.5) is 0 Å². The lowest BCUT2D eigenvalue weighted by Crippen LogP contribution is -2.31. The van der Waals surface area contributed by atoms with Crippen LogP contribution in [0.2, 0.25) is 0 Å². The summed E-state index contributed by atoms with van der Waals surface area (Å²) in [4.78, 5) is 0. The van der Waals surface area contributed by atoms with Gasteiger partial charge in [0.25, 0.3) is 10.0 Å². The maximum atomic E-state index is 12.3. The van der Waals surface area contributed by atoms with Crippen molar-refractivity contribution in [2.45, 2.75) is 51.1 Å². The number of rotatable bonds is 9. The quantitative estimate of drug-likeness (QED) is 0.601. The third kappa shape index (κ3) is 3.59. The minimum absolute atomic E-state index is 0.188. The molecular formula is C13H24N4O2S. The molecular weight excluding hydrogens is 276 g/mol. The fourth-order valence-electron chi connectivity index (χ4n) is 2.21. The molecule has 1 aromatic rings. The van der Waals surface area contributed by atoms with E-state index in [1.807, 2.05) is 0 Å². The van der Waals surface area contributed by atoms with Crippen molar-refractivity contribution >= 4 is 10.0 Å². The van der Waals surface area contributed by atoms with E-state index in [2.05, 4.69) is 34.1 Å². The Balaban J connectivity index is 2.00. The number of hydrogen-bond acceptors (Lipinski definition) is 4. The average molecular weight is 300 g/mol. The molecule has 0 saturated heterocycles. The number of aromatic nitrogens is 2. The van der Waals surface area contributed by atoms with Crippen molar-refractivity contribution in [3.63, 3.8) is 0 Å². The molecule has 1 heterocycles. The molecule has 114 valence electrons. The summed E-state index contributed by atoms with van der Waals surface area (Å²) in [5.41, 5.74) is 0.876. The minimum Gasteiger partial charge on any atom is -0.313 e. The van der Waals surface area contributed by atoms with Gasteiger partial charge in [-0.25, -0.2) is 13.1 Å². The summed E-state index contributed by atoms with van der Waals surface area (Å²) < 4.78 is 27.4. The van der Waals surface area contributed by atoms with E-state index in [1.165, 1.54) is 0 Å². The highest BCUT2D eigenvalue weighted by Gasteiger charge is 2.41. The summed E-state index contributed by atoms with van der Waals surface area (Å²) in [6.07, 6.45) is 5.82. The number of sulfonamides is 1. The Kier molecular flexibility index (Phi) is 4.82. The first-order valence-corrected chi connectivity index (χ1v) is 8.74. The van der Waals surface area contributed by atoms with Crippen molar-refractivity contribution in [3.8, 4) is 0 Å². The van der Waals surface area contributed by atoms with Gasteiger partial charge in [-0.1, -0.05) is 13.8 Å². The van der Waals surface area contributed by atoms with Gasteiger partial charge >= 0.3 is 0 Å². The molecule has 1 aliphatic rings. The van der Waals surface area contributed by atoms with Crippen LogP contribution in [-0.4, -0.2) is 31.7 Å². The van der Waals surface area contributed by atoms with Gasteiger partial charge in [0.2, 0.25) is 0 Å². The van der Waals surface area contributed by atoms with Crippen molar-refractivity contribution in [3.05, 3.63) is 11.8 Å². The van der Waals surface area contributed by atoms with Gasteiger partial charge in [0.15, 0.2) is 5.03 Å². The average Bonchev–Trinajstić information content (AvgIpc) is 3.06. The van der Waals surface area contributed by atoms with Crippen molar-refractivity contribution in [1.82, 2.24) is 20.2 Å². The monoisotopic (exact) mass is 300 g/mol. The Bertz CT molecular complexity index is 534. The predicted molar refractivity (Wildman–Crippen MR) is 77.7 cm³/mol. The molecule has 0 unspecified atom stereocenters. The number of H-pyrrole nitrogens is 1. The van der Waals surface area contributed by atoms with Crippen LogP contribution < -0.4 is 10.0 Å². The SMILES string of the molecule is CCCNCc1cn[nH]c1S(=O)(=O)NCC1(CC)CC1. The first-order chi connectivity index (χ1) is 9.53. The second-order valence-corrected chi connectivity index (χ2v) is 7.28. The molecule has 20 heavy (non-hydrogen) atoms. The van der Waals surface area contributed by atoms with Gasteiger partial charge < -0.3 is 5.32 Å². The Morgan fingerprint density at radius 1 is 1.40 bits per heavy atom. The van der Waals surface area contributed by atoms with Crippen LogP contribution in [0.15, 0.2) is 11.2 Å². The highest BCUT2D eigenvalue weighted by Crippen LogP contribution is 2.48. The zero-order valence-corrected chi connectivity index (χ0v) is 13.0. The Morgan fingerprint density at radius 3 is 2.75 bits per heavy atom. The molecule has 1 aromatic heterocycles. The van der Waals surface area contributed by atoms with Gasteiger partial charge in [-0.3, -0.25) is 5.10 Å². The Labute approximate surface area is 120 Å². The summed E-state index contributed by atoms with van der Waals surface area (Å²) in [5, 5.41) is 9.85. The molecule has 6 nitrogen and oxygen atoms in total. The van der Waals surface area contributed by atoms with Gasteiger partial charge in [-0.15, -0.1) is 0 Å². The van der Waals surface area contributed by atoms with E-state index in [1.54, 1.807) is 6.20 Å². The third-order valence-corrected chi connectivity index (χ3v) is 5.45. The summed E-state index contributed by atoms with van der Waals surface area (Å²) in [7, 11) is -3.50. The highest BCUT2D eigenvalue weighted by atomic mass is 32.2. The van der Waals surface area contributed by atoms with Crippen molar-refractivity contribution in [2.75, 3.05) is 13.1 Å². The lowest BCUT2D eigenvalue weighted by Gasteiger charge is -2.13. The number of hydrogen-bond donors (Lipinski definition) is 3. The highest BCUT2D eigenvalue weighted by molar-refractivity contribution is 7.89. The summed E-state index contributed by atoms with van der Waals surface area (Å²) in [6.45, 7) is 6.07. The summed E-state index contributed by atoms with van der Waals surface area (Å²) >= 11 is 0. The van der Waals surface area contributed by atoms with E-state index in [4.69, 9.17) is 0 Å². The number of aromatic amines is 1. The molecule has 0 atom stereocenters. The molecule has 0 bridgehead atoms. The molecule has 1 fully saturated rings. The number of nitrogens with zero attached hydrogens (tertiary/aromatic N) is 1. The maximum Gasteiger partial charge on any atom is 0.257 e. The molecule has 0 spiro atoms. The second kappa shape index (κ2) is 6.24. The smallest absolute Gasteiger partial charge is 0.257 e.